The molecule has 0 spiro atoms. The van der Waals surface area contributed by atoms with Crippen molar-refractivity contribution >= 4 is 18.2 Å². The smallest absolute Gasteiger partial charge is 0.146 e. The summed E-state index contributed by atoms with van der Waals surface area (Å²) in [6.45, 7) is 3.15. The molecular weight excluding hydrogens is 114 g/mol. The Morgan fingerprint density at radius 3 is 1.86 bits per heavy atom. The zero-order chi connectivity index (χ0) is 5.15. The molecule has 0 aromatic rings. The topological polar surface area (TPSA) is 43.1 Å². The quantitative estimate of drug-likeness (QED) is 0.547. The van der Waals surface area contributed by atoms with Crippen molar-refractivity contribution in [1.82, 2.24) is 0 Å². The molecule has 0 saturated heterocycles. The summed E-state index contributed by atoms with van der Waals surface area (Å²) in [5, 5.41) is 0. The average molecular weight is 124 g/mol. The normalized spacial score (nSPS) is 11.9. The van der Waals surface area contributed by atoms with Crippen LogP contribution in [0.1, 0.15) is 13.8 Å². The van der Waals surface area contributed by atoms with Gasteiger partial charge in [-0.3, -0.25) is 4.79 Å². The van der Waals surface area contributed by atoms with Crippen molar-refractivity contribution in [2.24, 2.45) is 5.73 Å². The molecule has 0 amide bonds. The maximum absolute atomic E-state index is 10.0. The van der Waals surface area contributed by atoms with Gasteiger partial charge in [0.1, 0.15) is 5.78 Å². The molecule has 0 heterocycles. The Morgan fingerprint density at radius 2 is 1.86 bits per heavy atom. The number of Topliss-reactive ketones (excluding diaryl/α,β-unsaturated/α-hetero) is 1. The molecule has 0 unspecified atom stereocenters. The van der Waals surface area contributed by atoms with E-state index in [2.05, 4.69) is 0 Å². The number of nitrogens with two attached hydrogens (primary N) is 1. The minimum absolute atomic E-state index is 0. The first kappa shape index (κ1) is 10.0. The standard InChI is InChI=1S/C4H9NO.ClH/c1-3(5)4(2)6;/h3H,5H2,1-2H3;1H/t3-;/m1./s1. The molecule has 7 heavy (non-hydrogen) atoms. The second kappa shape index (κ2) is 4.09. The van der Waals surface area contributed by atoms with Crippen molar-refractivity contribution < 1.29 is 4.79 Å². The number of ketones is 1. The summed E-state index contributed by atoms with van der Waals surface area (Å²) < 4.78 is 0. The molecule has 44 valence electrons. The predicted molar refractivity (Wildman–Crippen MR) is 31.6 cm³/mol. The summed E-state index contributed by atoms with van der Waals surface area (Å²) in [6.07, 6.45) is 0. The number of hydrogen-bond donors (Lipinski definition) is 1. The minimum atomic E-state index is -0.287. The predicted octanol–water partition coefficient (Wildman–Crippen LogP) is 0.344. The summed E-state index contributed by atoms with van der Waals surface area (Å²) in [4.78, 5) is 10.0. The number of halogens is 1. The van der Waals surface area contributed by atoms with Crippen LogP contribution in [0, 0.1) is 0 Å². The van der Waals surface area contributed by atoms with E-state index in [1.807, 2.05) is 0 Å². The third-order valence-electron chi connectivity index (χ3n) is 0.641. The van der Waals surface area contributed by atoms with Crippen LogP contribution in [0.3, 0.4) is 0 Å². The Labute approximate surface area is 49.5 Å². The van der Waals surface area contributed by atoms with Gasteiger partial charge in [-0.05, 0) is 13.8 Å². The van der Waals surface area contributed by atoms with E-state index >= 15 is 0 Å². The third-order valence-corrected chi connectivity index (χ3v) is 0.641. The molecule has 0 aromatic heterocycles. The molecule has 0 aromatic carbocycles. The van der Waals surface area contributed by atoms with Gasteiger partial charge in [-0.25, -0.2) is 0 Å². The first-order valence-corrected chi connectivity index (χ1v) is 1.90. The van der Waals surface area contributed by atoms with E-state index in [4.69, 9.17) is 5.73 Å². The van der Waals surface area contributed by atoms with Crippen LogP contribution < -0.4 is 5.73 Å². The monoisotopic (exact) mass is 123 g/mol. The molecule has 2 nitrogen and oxygen atoms in total. The second-order valence-electron chi connectivity index (χ2n) is 1.40. The number of carbonyl (C=O) groups excluding carboxylic acids is 1. The van der Waals surface area contributed by atoms with Crippen LogP contribution in [0.15, 0.2) is 0 Å². The Bertz CT molecular complexity index is 62.7. The molecule has 0 fully saturated rings. The third kappa shape index (κ3) is 5.92. The van der Waals surface area contributed by atoms with Crippen molar-refractivity contribution in [2.75, 3.05) is 0 Å². The van der Waals surface area contributed by atoms with Crippen LogP contribution in [0.4, 0.5) is 0 Å². The van der Waals surface area contributed by atoms with Gasteiger partial charge < -0.3 is 5.73 Å². The van der Waals surface area contributed by atoms with Gasteiger partial charge in [-0.15, -0.1) is 12.4 Å². The lowest BCUT2D eigenvalue weighted by Crippen LogP contribution is -2.23. The van der Waals surface area contributed by atoms with Crippen molar-refractivity contribution in [3.05, 3.63) is 0 Å². The maximum atomic E-state index is 10.0. The van der Waals surface area contributed by atoms with Gasteiger partial charge in [0.2, 0.25) is 0 Å². The van der Waals surface area contributed by atoms with Gasteiger partial charge in [0.05, 0.1) is 6.04 Å². The molecule has 2 N–H and O–H groups in total. The Balaban J connectivity index is 0. The number of hydrogen-bond acceptors (Lipinski definition) is 2. The van der Waals surface area contributed by atoms with Crippen molar-refractivity contribution in [3.8, 4) is 0 Å². The van der Waals surface area contributed by atoms with Crippen molar-refractivity contribution in [1.29, 1.82) is 0 Å². The van der Waals surface area contributed by atoms with E-state index in [1.54, 1.807) is 6.92 Å². The maximum Gasteiger partial charge on any atom is 0.146 e. The summed E-state index contributed by atoms with van der Waals surface area (Å²) >= 11 is 0. The zero-order valence-corrected chi connectivity index (χ0v) is 5.29. The molecule has 0 aliphatic rings. The molecule has 3 heteroatoms. The largest absolute Gasteiger partial charge is 0.322 e. The average Bonchev–Trinajstić information content (AvgIpc) is 1.36. The molecule has 0 rings (SSSR count). The highest BCUT2D eigenvalue weighted by Crippen LogP contribution is 1.72. The summed E-state index contributed by atoms with van der Waals surface area (Å²) in [5.74, 6) is 0.0370. The lowest BCUT2D eigenvalue weighted by molar-refractivity contribution is -0.117. The first-order chi connectivity index (χ1) is 2.64. The highest BCUT2D eigenvalue weighted by atomic mass is 35.5. The molecule has 0 saturated carbocycles. The van der Waals surface area contributed by atoms with Gasteiger partial charge in [0.25, 0.3) is 0 Å². The van der Waals surface area contributed by atoms with Crippen LogP contribution in [-0.2, 0) is 4.79 Å². The fraction of sp³-hybridized carbons (Fsp3) is 0.750. The van der Waals surface area contributed by atoms with Crippen LogP contribution in [0.25, 0.3) is 0 Å². The van der Waals surface area contributed by atoms with Gasteiger partial charge in [0.15, 0.2) is 0 Å². The Morgan fingerprint density at radius 1 is 1.71 bits per heavy atom. The Hall–Kier alpha value is -0.0800. The van der Waals surface area contributed by atoms with Crippen LogP contribution in [0.5, 0.6) is 0 Å². The number of rotatable bonds is 1. The summed E-state index contributed by atoms with van der Waals surface area (Å²) in [6, 6.07) is -0.287. The molecule has 0 aliphatic heterocycles. The SMILES string of the molecule is CC(=O)[C@@H](C)N.Cl. The molecule has 0 bridgehead atoms. The fourth-order valence-corrected chi connectivity index (χ4v) is 0. The molecular formula is C4H10ClNO. The zero-order valence-electron chi connectivity index (χ0n) is 4.47. The van der Waals surface area contributed by atoms with E-state index in [9.17, 15) is 4.79 Å². The summed E-state index contributed by atoms with van der Waals surface area (Å²) in [5.41, 5.74) is 5.09. The van der Waals surface area contributed by atoms with Gasteiger partial charge >= 0.3 is 0 Å². The Kier molecular flexibility index (Phi) is 5.85. The van der Waals surface area contributed by atoms with E-state index in [1.165, 1.54) is 6.92 Å². The fourth-order valence-electron chi connectivity index (χ4n) is 0. The van der Waals surface area contributed by atoms with E-state index in [0.717, 1.165) is 0 Å². The van der Waals surface area contributed by atoms with E-state index < -0.39 is 0 Å². The lowest BCUT2D eigenvalue weighted by atomic mass is 10.3. The summed E-state index contributed by atoms with van der Waals surface area (Å²) in [7, 11) is 0. The second-order valence-corrected chi connectivity index (χ2v) is 1.40. The molecule has 0 radical (unpaired) electrons. The van der Waals surface area contributed by atoms with Crippen molar-refractivity contribution in [3.63, 3.8) is 0 Å². The molecule has 0 aliphatic carbocycles. The first-order valence-electron chi connectivity index (χ1n) is 1.90. The van der Waals surface area contributed by atoms with Crippen LogP contribution in [-0.4, -0.2) is 11.8 Å². The van der Waals surface area contributed by atoms with E-state index in [0.29, 0.717) is 0 Å². The van der Waals surface area contributed by atoms with Crippen molar-refractivity contribution in [2.45, 2.75) is 19.9 Å². The highest BCUT2D eigenvalue weighted by Gasteiger charge is 1.95. The molecule has 1 atom stereocenters. The van der Waals surface area contributed by atoms with E-state index in [-0.39, 0.29) is 24.2 Å². The van der Waals surface area contributed by atoms with Gasteiger partial charge in [-0.1, -0.05) is 0 Å². The van der Waals surface area contributed by atoms with Crippen LogP contribution >= 0.6 is 12.4 Å². The number of carbonyl (C=O) groups is 1. The minimum Gasteiger partial charge on any atom is -0.322 e. The van der Waals surface area contributed by atoms with Gasteiger partial charge in [0, 0.05) is 0 Å². The van der Waals surface area contributed by atoms with Crippen LogP contribution in [0.2, 0.25) is 0 Å². The van der Waals surface area contributed by atoms with Gasteiger partial charge in [-0.2, -0.15) is 0 Å². The highest BCUT2D eigenvalue weighted by molar-refractivity contribution is 5.85. The lowest BCUT2D eigenvalue weighted by Gasteiger charge is -1.91.